The van der Waals surface area contributed by atoms with E-state index in [1.165, 1.54) is 24.3 Å². The molecule has 0 saturated heterocycles. The van der Waals surface area contributed by atoms with Gasteiger partial charge in [0.1, 0.15) is 11.4 Å². The molecule has 0 aliphatic rings. The first-order valence-electron chi connectivity index (χ1n) is 9.65. The quantitative estimate of drug-likeness (QED) is 0.310. The minimum Gasteiger partial charge on any atom is -0.481 e. The van der Waals surface area contributed by atoms with Crippen LogP contribution >= 0.6 is 11.3 Å². The van der Waals surface area contributed by atoms with E-state index in [9.17, 15) is 35.5 Å². The average molecular weight is 515 g/mol. The third-order valence-electron chi connectivity index (χ3n) is 4.80. The normalized spacial score (nSPS) is 12.2. The fraction of sp³-hybridized carbons (Fsp3) is 0.136. The van der Waals surface area contributed by atoms with Crippen LogP contribution in [0.3, 0.4) is 0 Å². The molecule has 0 atom stereocenters. The topological polar surface area (TPSA) is 68.0 Å². The van der Waals surface area contributed by atoms with Gasteiger partial charge in [0, 0.05) is 16.6 Å². The van der Waals surface area contributed by atoms with Gasteiger partial charge in [-0.3, -0.25) is 4.79 Å². The molecule has 1 aromatic carbocycles. The van der Waals surface area contributed by atoms with Crippen LogP contribution in [0.1, 0.15) is 16.8 Å². The summed E-state index contributed by atoms with van der Waals surface area (Å²) in [5.41, 5.74) is -2.77. The third kappa shape index (κ3) is 5.04. The van der Waals surface area contributed by atoms with Crippen LogP contribution in [0.5, 0.6) is 0 Å². The molecule has 0 amide bonds. The summed E-state index contributed by atoms with van der Waals surface area (Å²) in [6.07, 6.45) is -9.26. The lowest BCUT2D eigenvalue weighted by Crippen LogP contribution is -2.14. The van der Waals surface area contributed by atoms with Crippen LogP contribution in [0.4, 0.5) is 30.7 Å². The highest BCUT2D eigenvalue weighted by atomic mass is 32.1. The molecule has 1 N–H and O–H groups in total. The van der Waals surface area contributed by atoms with Crippen molar-refractivity contribution >= 4 is 17.3 Å². The zero-order chi connectivity index (χ0) is 25.5. The number of thiophene rings is 1. The molecule has 0 spiro atoms. The molecule has 3 aromatic heterocycles. The van der Waals surface area contributed by atoms with Gasteiger partial charge in [0.15, 0.2) is 11.5 Å². The minimum absolute atomic E-state index is 0.00377. The van der Waals surface area contributed by atoms with Gasteiger partial charge in [0.25, 0.3) is 0 Å². The highest BCUT2D eigenvalue weighted by molar-refractivity contribution is 7.18. The second kappa shape index (κ2) is 8.80. The van der Waals surface area contributed by atoms with Gasteiger partial charge in [0.05, 0.1) is 17.0 Å². The van der Waals surface area contributed by atoms with Gasteiger partial charge in [-0.25, -0.2) is 14.1 Å². The zero-order valence-corrected chi connectivity index (χ0v) is 18.0. The molecule has 3 heterocycles. The van der Waals surface area contributed by atoms with Crippen molar-refractivity contribution in [2.24, 2.45) is 0 Å². The van der Waals surface area contributed by atoms with E-state index < -0.39 is 41.2 Å². The molecule has 0 bridgehead atoms. The van der Waals surface area contributed by atoms with E-state index in [1.54, 1.807) is 0 Å². The first-order chi connectivity index (χ1) is 16.3. The Morgan fingerprint density at radius 2 is 1.69 bits per heavy atom. The number of hydrogen-bond donors (Lipinski definition) is 1. The Morgan fingerprint density at radius 1 is 0.971 bits per heavy atom. The largest absolute Gasteiger partial charge is 0.481 e. The van der Waals surface area contributed by atoms with Gasteiger partial charge in [0.2, 0.25) is 0 Å². The first-order valence-corrected chi connectivity index (χ1v) is 10.5. The number of alkyl halides is 6. The van der Waals surface area contributed by atoms with Gasteiger partial charge >= 0.3 is 18.3 Å². The molecule has 4 rings (SSSR count). The van der Waals surface area contributed by atoms with Crippen LogP contribution in [0, 0.1) is 5.82 Å². The number of carbonyl (C=O) groups is 1. The highest BCUT2D eigenvalue weighted by Crippen LogP contribution is 2.41. The van der Waals surface area contributed by atoms with Crippen molar-refractivity contribution in [1.82, 2.24) is 14.8 Å². The van der Waals surface area contributed by atoms with Crippen molar-refractivity contribution in [3.63, 3.8) is 0 Å². The molecule has 35 heavy (non-hydrogen) atoms. The second-order valence-corrected chi connectivity index (χ2v) is 8.33. The van der Waals surface area contributed by atoms with Crippen molar-refractivity contribution in [2.75, 3.05) is 0 Å². The van der Waals surface area contributed by atoms with E-state index in [4.69, 9.17) is 5.11 Å². The Morgan fingerprint density at radius 3 is 2.34 bits per heavy atom. The molecule has 0 aliphatic carbocycles. The predicted octanol–water partition coefficient (Wildman–Crippen LogP) is 6.47. The molecular formula is C22H12F7N3O2S. The summed E-state index contributed by atoms with van der Waals surface area (Å²) in [7, 11) is 0. The van der Waals surface area contributed by atoms with Crippen LogP contribution in [-0.2, 0) is 23.6 Å². The molecule has 13 heteroatoms. The summed E-state index contributed by atoms with van der Waals surface area (Å²) >= 11 is 0.802. The maximum atomic E-state index is 14.5. The molecule has 0 fully saturated rings. The van der Waals surface area contributed by atoms with Crippen molar-refractivity contribution in [1.29, 1.82) is 0 Å². The van der Waals surface area contributed by atoms with Gasteiger partial charge < -0.3 is 5.11 Å². The zero-order valence-electron chi connectivity index (χ0n) is 17.2. The van der Waals surface area contributed by atoms with Gasteiger partial charge in [-0.2, -0.15) is 31.4 Å². The summed E-state index contributed by atoms with van der Waals surface area (Å²) in [5.74, 6) is -2.70. The number of halogens is 7. The molecular weight excluding hydrogens is 503 g/mol. The summed E-state index contributed by atoms with van der Waals surface area (Å²) < 4.78 is 95.7. The minimum atomic E-state index is -4.95. The number of benzene rings is 1. The maximum absolute atomic E-state index is 14.5. The molecule has 0 saturated carbocycles. The van der Waals surface area contributed by atoms with E-state index >= 15 is 0 Å². The van der Waals surface area contributed by atoms with Crippen LogP contribution in [0.2, 0.25) is 0 Å². The van der Waals surface area contributed by atoms with Crippen LogP contribution in [-0.4, -0.2) is 25.8 Å². The van der Waals surface area contributed by atoms with Crippen LogP contribution < -0.4 is 0 Å². The summed E-state index contributed by atoms with van der Waals surface area (Å²) in [5, 5.41) is 12.3. The SMILES string of the molecule is O=C(O)Cc1ccc(F)c(-c2ccc(-c3cc(C(F)(F)F)nn3-c3ncccc3C(F)(F)F)s2)c1. The number of carboxylic acid groups (broad SMARTS) is 1. The summed E-state index contributed by atoms with van der Waals surface area (Å²) in [6, 6.07) is 8.57. The monoisotopic (exact) mass is 515 g/mol. The van der Waals surface area contributed by atoms with Crippen molar-refractivity contribution in [3.05, 3.63) is 77.4 Å². The third-order valence-corrected chi connectivity index (χ3v) is 5.94. The Labute approximate surface area is 196 Å². The fourth-order valence-corrected chi connectivity index (χ4v) is 4.34. The first kappa shape index (κ1) is 24.4. The van der Waals surface area contributed by atoms with Gasteiger partial charge in [-0.1, -0.05) is 6.07 Å². The van der Waals surface area contributed by atoms with Crippen LogP contribution in [0.25, 0.3) is 26.8 Å². The lowest BCUT2D eigenvalue weighted by atomic mass is 10.1. The number of rotatable bonds is 5. The van der Waals surface area contributed by atoms with Crippen molar-refractivity contribution in [2.45, 2.75) is 18.8 Å². The predicted molar refractivity (Wildman–Crippen MR) is 111 cm³/mol. The Bertz CT molecular complexity index is 1410. The van der Waals surface area contributed by atoms with Crippen molar-refractivity contribution < 1.29 is 40.6 Å². The fourth-order valence-electron chi connectivity index (χ4n) is 3.31. The number of nitrogens with zero attached hydrogens (tertiary/aromatic N) is 3. The average Bonchev–Trinajstić information content (AvgIpc) is 3.41. The summed E-state index contributed by atoms with van der Waals surface area (Å²) in [6.45, 7) is 0. The number of hydrogen-bond acceptors (Lipinski definition) is 4. The summed E-state index contributed by atoms with van der Waals surface area (Å²) in [4.78, 5) is 14.9. The molecule has 0 radical (unpaired) electrons. The molecule has 4 aromatic rings. The van der Waals surface area contributed by atoms with E-state index in [1.807, 2.05) is 0 Å². The number of aromatic nitrogens is 3. The second-order valence-electron chi connectivity index (χ2n) is 7.25. The van der Waals surface area contributed by atoms with E-state index in [2.05, 4.69) is 10.1 Å². The molecule has 182 valence electrons. The molecule has 0 aliphatic heterocycles. The van der Waals surface area contributed by atoms with Crippen molar-refractivity contribution in [3.8, 4) is 26.8 Å². The number of pyridine rings is 1. The number of carboxylic acids is 1. The van der Waals surface area contributed by atoms with E-state index in [0.29, 0.717) is 16.8 Å². The van der Waals surface area contributed by atoms with E-state index in [-0.39, 0.29) is 33.0 Å². The smallest absolute Gasteiger partial charge is 0.435 e. The van der Waals surface area contributed by atoms with E-state index in [0.717, 1.165) is 29.7 Å². The molecule has 5 nitrogen and oxygen atoms in total. The molecule has 0 unspecified atom stereocenters. The Hall–Kier alpha value is -3.74. The Kier molecular flexibility index (Phi) is 6.13. The lowest BCUT2D eigenvalue weighted by molar-refractivity contribution is -0.141. The van der Waals surface area contributed by atoms with Gasteiger partial charge in [-0.05, 0) is 48.0 Å². The lowest BCUT2D eigenvalue weighted by Gasteiger charge is -2.13. The Balaban J connectivity index is 1.87. The van der Waals surface area contributed by atoms with Crippen LogP contribution in [0.15, 0.2) is 54.7 Å². The number of aliphatic carboxylic acids is 1. The standard InChI is InChI=1S/C22H12F7N3O2S/c23-14-4-3-11(9-19(33)34)8-12(14)16-5-6-17(35-16)15-10-18(22(27,28)29)31-32(15)20-13(21(24,25)26)2-1-7-30-20/h1-8,10H,9H2,(H,33,34). The highest BCUT2D eigenvalue weighted by Gasteiger charge is 2.39. The van der Waals surface area contributed by atoms with Gasteiger partial charge in [-0.15, -0.1) is 11.3 Å². The maximum Gasteiger partial charge on any atom is 0.435 e.